The van der Waals surface area contributed by atoms with Gasteiger partial charge in [-0.05, 0) is 0 Å². The van der Waals surface area contributed by atoms with E-state index < -0.39 is 7.67 Å². The second kappa shape index (κ2) is 5.36. The van der Waals surface area contributed by atoms with Crippen molar-refractivity contribution in [2.45, 2.75) is 0 Å². The average Bonchev–Trinajstić information content (AvgIpc) is 1.85. The molecule has 4 nitrogen and oxygen atoms in total. The minimum absolute atomic E-state index is 0.263. The fourth-order valence-corrected chi connectivity index (χ4v) is 2.01. The Labute approximate surface area is 75.8 Å². The molecule has 7 heteroatoms. The van der Waals surface area contributed by atoms with Crippen LogP contribution in [0.3, 0.4) is 0 Å². The summed E-state index contributed by atoms with van der Waals surface area (Å²) in [7, 11) is -3.64. The number of rotatable bonds is 5. The minimum Gasteiger partial charge on any atom is -0.322 e. The van der Waals surface area contributed by atoms with Crippen LogP contribution in [0.1, 0.15) is 0 Å². The molecule has 0 saturated heterocycles. The SMILES string of the molecule is [15NH2]P(=O)(O)N(CCCl)CCCl. The molecule has 0 heterocycles. The Morgan fingerprint density at radius 2 is 1.73 bits per heavy atom. The van der Waals surface area contributed by atoms with E-state index in [4.69, 9.17) is 33.6 Å². The van der Waals surface area contributed by atoms with E-state index in [1.54, 1.807) is 0 Å². The molecule has 0 spiro atoms. The first-order valence-electron chi connectivity index (χ1n) is 3.01. The van der Waals surface area contributed by atoms with Crippen molar-refractivity contribution in [1.29, 1.82) is 0 Å². The molecule has 0 radical (unpaired) electrons. The standard InChI is InChI=1S/C4H11Cl2N2O2P/c5-1-3-8(4-2-6)11(7,9)10/h1-4H2,(H3,7,9,10)/i7+1. The van der Waals surface area contributed by atoms with Crippen LogP contribution in [-0.2, 0) is 4.57 Å². The normalized spacial score (nSPS) is 16.8. The highest BCUT2D eigenvalue weighted by Gasteiger charge is 2.21. The molecular weight excluding hydrogens is 211 g/mol. The van der Waals surface area contributed by atoms with E-state index in [-0.39, 0.29) is 24.8 Å². The van der Waals surface area contributed by atoms with Gasteiger partial charge in [-0.1, -0.05) is 0 Å². The van der Waals surface area contributed by atoms with Gasteiger partial charge in [0.05, 0.1) is 0 Å². The summed E-state index contributed by atoms with van der Waals surface area (Å²) in [5.41, 5.74) is 4.97. The Kier molecular flexibility index (Phi) is 5.69. The summed E-state index contributed by atoms with van der Waals surface area (Å²) in [6.07, 6.45) is 0. The van der Waals surface area contributed by atoms with Crippen molar-refractivity contribution < 1.29 is 9.46 Å². The largest absolute Gasteiger partial charge is 0.338 e. The summed E-state index contributed by atoms with van der Waals surface area (Å²) in [5.74, 6) is 0.525. The summed E-state index contributed by atoms with van der Waals surface area (Å²) in [4.78, 5) is 8.88. The Bertz CT molecular complexity index is 145. The van der Waals surface area contributed by atoms with Crippen molar-refractivity contribution in [3.05, 3.63) is 0 Å². The predicted molar refractivity (Wildman–Crippen MR) is 47.0 cm³/mol. The molecule has 11 heavy (non-hydrogen) atoms. The molecule has 0 aliphatic rings. The first kappa shape index (κ1) is 11.7. The fourth-order valence-electron chi connectivity index (χ4n) is 0.593. The lowest BCUT2D eigenvalue weighted by molar-refractivity contribution is 0.368. The van der Waals surface area contributed by atoms with Gasteiger partial charge in [-0.25, -0.2) is 10.2 Å². The van der Waals surface area contributed by atoms with Gasteiger partial charge in [-0.2, -0.15) is 0 Å². The first-order chi connectivity index (χ1) is 5.02. The summed E-state index contributed by atoms with van der Waals surface area (Å²) in [6.45, 7) is 0.553. The Balaban J connectivity index is 3.99. The summed E-state index contributed by atoms with van der Waals surface area (Å²) >= 11 is 10.7. The van der Waals surface area contributed by atoms with Crippen LogP contribution >= 0.6 is 30.9 Å². The van der Waals surface area contributed by atoms with Gasteiger partial charge in [-0.15, -0.1) is 23.2 Å². The molecule has 0 aliphatic heterocycles. The van der Waals surface area contributed by atoms with Crippen molar-refractivity contribution in [3.63, 3.8) is 0 Å². The summed E-state index contributed by atoms with van der Waals surface area (Å²) in [6, 6.07) is 0. The highest BCUT2D eigenvalue weighted by molar-refractivity contribution is 7.52. The molecule has 0 aromatic rings. The van der Waals surface area contributed by atoms with Crippen LogP contribution in [0, 0.1) is 0 Å². The number of halogens is 2. The maximum atomic E-state index is 10.8. The highest BCUT2D eigenvalue weighted by atomic mass is 35.5. The molecule has 3 N–H and O–H groups in total. The van der Waals surface area contributed by atoms with Crippen LogP contribution in [0.15, 0.2) is 0 Å². The maximum Gasteiger partial charge on any atom is 0.338 e. The molecule has 1 atom stereocenters. The van der Waals surface area contributed by atoms with Crippen molar-refractivity contribution in [3.8, 4) is 0 Å². The van der Waals surface area contributed by atoms with Gasteiger partial charge < -0.3 is 4.89 Å². The maximum absolute atomic E-state index is 10.8. The minimum atomic E-state index is -3.64. The zero-order chi connectivity index (χ0) is 8.91. The number of alkyl halides is 2. The monoisotopic (exact) mass is 221 g/mol. The number of nitrogens with two attached hydrogens (primary N) is 1. The smallest absolute Gasteiger partial charge is 0.322 e. The zero-order valence-electron chi connectivity index (χ0n) is 5.91. The van der Waals surface area contributed by atoms with Crippen LogP contribution in [0.2, 0.25) is 0 Å². The van der Waals surface area contributed by atoms with Gasteiger partial charge in [0.2, 0.25) is 0 Å². The number of hydrogen-bond donors (Lipinski definition) is 2. The van der Waals surface area contributed by atoms with Crippen molar-refractivity contribution in [2.24, 2.45) is 5.50 Å². The van der Waals surface area contributed by atoms with Gasteiger partial charge in [-0.3, -0.25) is 4.57 Å². The van der Waals surface area contributed by atoms with Crippen LogP contribution in [0.5, 0.6) is 0 Å². The second-order valence-electron chi connectivity index (χ2n) is 1.92. The van der Waals surface area contributed by atoms with Gasteiger partial charge >= 0.3 is 7.67 Å². The quantitative estimate of drug-likeness (QED) is 0.410. The molecule has 0 amide bonds. The third kappa shape index (κ3) is 5.01. The van der Waals surface area contributed by atoms with E-state index in [9.17, 15) is 4.57 Å². The lowest BCUT2D eigenvalue weighted by Gasteiger charge is -2.21. The van der Waals surface area contributed by atoms with Gasteiger partial charge in [0.1, 0.15) is 0 Å². The van der Waals surface area contributed by atoms with E-state index >= 15 is 0 Å². The molecule has 0 aromatic carbocycles. The third-order valence-corrected chi connectivity index (χ3v) is 2.64. The molecule has 0 fully saturated rings. The van der Waals surface area contributed by atoms with E-state index in [0.717, 1.165) is 0 Å². The Morgan fingerprint density at radius 3 is 1.91 bits per heavy atom. The van der Waals surface area contributed by atoms with Crippen LogP contribution in [0.25, 0.3) is 0 Å². The van der Waals surface area contributed by atoms with Crippen LogP contribution in [0.4, 0.5) is 0 Å². The average molecular weight is 222 g/mol. The molecule has 0 aliphatic carbocycles. The second-order valence-corrected chi connectivity index (χ2v) is 4.42. The number of nitrogens with zero attached hydrogens (tertiary/aromatic N) is 1. The Hall–Kier alpha value is 0.690. The number of hydrogen-bond acceptors (Lipinski definition) is 1. The van der Waals surface area contributed by atoms with Gasteiger partial charge in [0, 0.05) is 24.8 Å². The van der Waals surface area contributed by atoms with Gasteiger partial charge in [0.15, 0.2) is 0 Å². The van der Waals surface area contributed by atoms with Crippen molar-refractivity contribution >= 4 is 30.9 Å². The third-order valence-electron chi connectivity index (χ3n) is 1.09. The molecule has 0 aromatic heterocycles. The molecule has 1 unspecified atom stereocenters. The van der Waals surface area contributed by atoms with E-state index in [2.05, 4.69) is 0 Å². The van der Waals surface area contributed by atoms with E-state index in [1.807, 2.05) is 0 Å². The molecule has 0 rings (SSSR count). The van der Waals surface area contributed by atoms with Crippen molar-refractivity contribution in [1.82, 2.24) is 4.67 Å². The van der Waals surface area contributed by atoms with Crippen LogP contribution < -0.4 is 5.50 Å². The lowest BCUT2D eigenvalue weighted by Crippen LogP contribution is -2.28. The van der Waals surface area contributed by atoms with Crippen LogP contribution in [-0.4, -0.2) is 34.4 Å². The lowest BCUT2D eigenvalue weighted by atomic mass is 10.6. The van der Waals surface area contributed by atoms with E-state index in [0.29, 0.717) is 0 Å². The topological polar surface area (TPSA) is 66.6 Å². The zero-order valence-corrected chi connectivity index (χ0v) is 8.32. The summed E-state index contributed by atoms with van der Waals surface area (Å²) in [5, 5.41) is 0. The molecule has 0 bridgehead atoms. The van der Waals surface area contributed by atoms with Gasteiger partial charge in [0.25, 0.3) is 0 Å². The molecule has 68 valence electrons. The molecule has 0 saturated carbocycles. The fraction of sp³-hybridized carbons (Fsp3) is 1.00. The summed E-state index contributed by atoms with van der Waals surface area (Å²) < 4.78 is 12.0. The Morgan fingerprint density at radius 1 is 1.36 bits per heavy atom. The molecular formula is C4H11Cl2N2O2P. The predicted octanol–water partition coefficient (Wildman–Crippen LogP) is 0.825. The van der Waals surface area contributed by atoms with Crippen molar-refractivity contribution in [2.75, 3.05) is 24.8 Å². The highest BCUT2D eigenvalue weighted by Crippen LogP contribution is 2.34. The first-order valence-corrected chi connectivity index (χ1v) is 5.76. The van der Waals surface area contributed by atoms with E-state index in [1.165, 1.54) is 4.67 Å².